The zero-order valence-electron chi connectivity index (χ0n) is 10.1. The molecular weight excluding hydrogens is 294 g/mol. The molecule has 2 aromatic rings. The lowest BCUT2D eigenvalue weighted by molar-refractivity contribution is -0.116. The van der Waals surface area contributed by atoms with Gasteiger partial charge in [-0.1, -0.05) is 28.1 Å². The lowest BCUT2D eigenvalue weighted by Crippen LogP contribution is -2.12. The molecular formula is C13H14BrN3O. The van der Waals surface area contributed by atoms with E-state index in [-0.39, 0.29) is 5.91 Å². The molecule has 0 unspecified atom stereocenters. The predicted octanol–water partition coefficient (Wildman–Crippen LogP) is 2.75. The van der Waals surface area contributed by atoms with Gasteiger partial charge >= 0.3 is 0 Å². The van der Waals surface area contributed by atoms with Gasteiger partial charge in [-0.3, -0.25) is 9.48 Å². The number of carbonyl (C=O) groups excluding carboxylic acids is 1. The first-order valence-electron chi connectivity index (χ1n) is 5.67. The minimum Gasteiger partial charge on any atom is -0.309 e. The Morgan fingerprint density at radius 2 is 2.28 bits per heavy atom. The number of hydrogen-bond acceptors (Lipinski definition) is 2. The van der Waals surface area contributed by atoms with Gasteiger partial charge in [0.2, 0.25) is 5.91 Å². The second-order valence-corrected chi connectivity index (χ2v) is 4.97. The van der Waals surface area contributed by atoms with Crippen LogP contribution in [0.15, 0.2) is 41.0 Å². The Morgan fingerprint density at radius 1 is 1.44 bits per heavy atom. The standard InChI is InChI=1S/C13H14BrN3O/c1-17-8-7-12(16-17)15-13(18)6-5-10-3-2-4-11(14)9-10/h2-4,7-9H,5-6H2,1H3,(H,15,16,18). The van der Waals surface area contributed by atoms with Crippen molar-refractivity contribution in [3.63, 3.8) is 0 Å². The number of hydrogen-bond donors (Lipinski definition) is 1. The molecule has 0 bridgehead atoms. The van der Waals surface area contributed by atoms with E-state index in [0.717, 1.165) is 16.5 Å². The molecule has 2 rings (SSSR count). The van der Waals surface area contributed by atoms with Gasteiger partial charge in [-0.05, 0) is 24.1 Å². The van der Waals surface area contributed by atoms with Crippen molar-refractivity contribution in [2.24, 2.45) is 7.05 Å². The second-order valence-electron chi connectivity index (χ2n) is 4.05. The number of amides is 1. The van der Waals surface area contributed by atoms with Crippen LogP contribution in [0.25, 0.3) is 0 Å². The average Bonchev–Trinajstić information content (AvgIpc) is 2.72. The summed E-state index contributed by atoms with van der Waals surface area (Å²) < 4.78 is 2.69. The maximum atomic E-state index is 11.7. The minimum absolute atomic E-state index is 0.0197. The van der Waals surface area contributed by atoms with Crippen molar-refractivity contribution in [2.75, 3.05) is 5.32 Å². The molecule has 94 valence electrons. The van der Waals surface area contributed by atoms with Crippen LogP contribution in [0.1, 0.15) is 12.0 Å². The molecule has 1 aromatic carbocycles. The Labute approximate surface area is 114 Å². The van der Waals surface area contributed by atoms with E-state index in [1.807, 2.05) is 31.3 Å². The number of halogens is 1. The van der Waals surface area contributed by atoms with Gasteiger partial charge in [0.25, 0.3) is 0 Å². The van der Waals surface area contributed by atoms with Gasteiger partial charge in [0.1, 0.15) is 0 Å². The molecule has 18 heavy (non-hydrogen) atoms. The smallest absolute Gasteiger partial charge is 0.225 e. The molecule has 0 saturated carbocycles. The second kappa shape index (κ2) is 5.82. The van der Waals surface area contributed by atoms with Crippen molar-refractivity contribution in [1.82, 2.24) is 9.78 Å². The van der Waals surface area contributed by atoms with E-state index in [2.05, 4.69) is 26.3 Å². The van der Waals surface area contributed by atoms with Gasteiger partial charge < -0.3 is 5.32 Å². The highest BCUT2D eigenvalue weighted by Crippen LogP contribution is 2.13. The van der Waals surface area contributed by atoms with Crippen LogP contribution >= 0.6 is 15.9 Å². The van der Waals surface area contributed by atoms with Crippen LogP contribution in [0.2, 0.25) is 0 Å². The van der Waals surface area contributed by atoms with Crippen molar-refractivity contribution in [3.05, 3.63) is 46.6 Å². The summed E-state index contributed by atoms with van der Waals surface area (Å²) in [6.45, 7) is 0. The average molecular weight is 308 g/mol. The Kier molecular flexibility index (Phi) is 4.15. The molecule has 5 heteroatoms. The van der Waals surface area contributed by atoms with E-state index < -0.39 is 0 Å². The van der Waals surface area contributed by atoms with Crippen molar-refractivity contribution >= 4 is 27.7 Å². The van der Waals surface area contributed by atoms with E-state index in [9.17, 15) is 4.79 Å². The number of aryl methyl sites for hydroxylation is 2. The third-order valence-corrected chi connectivity index (χ3v) is 3.00. The summed E-state index contributed by atoms with van der Waals surface area (Å²) in [6, 6.07) is 9.75. The van der Waals surface area contributed by atoms with Crippen molar-refractivity contribution in [1.29, 1.82) is 0 Å². The predicted molar refractivity (Wildman–Crippen MR) is 74.3 cm³/mol. The summed E-state index contributed by atoms with van der Waals surface area (Å²) in [7, 11) is 1.82. The highest BCUT2D eigenvalue weighted by molar-refractivity contribution is 9.10. The normalized spacial score (nSPS) is 10.3. The fourth-order valence-corrected chi connectivity index (χ4v) is 2.08. The number of nitrogens with zero attached hydrogens (tertiary/aromatic N) is 2. The molecule has 1 aromatic heterocycles. The molecule has 4 nitrogen and oxygen atoms in total. The zero-order valence-corrected chi connectivity index (χ0v) is 11.6. The molecule has 1 heterocycles. The summed E-state index contributed by atoms with van der Waals surface area (Å²) in [4.78, 5) is 11.7. The Bertz CT molecular complexity index is 551. The number of nitrogens with one attached hydrogen (secondary N) is 1. The SMILES string of the molecule is Cn1ccc(NC(=O)CCc2cccc(Br)c2)n1. The van der Waals surface area contributed by atoms with Crippen LogP contribution in [-0.4, -0.2) is 15.7 Å². The van der Waals surface area contributed by atoms with Crippen LogP contribution in [-0.2, 0) is 18.3 Å². The maximum Gasteiger partial charge on any atom is 0.225 e. The summed E-state index contributed by atoms with van der Waals surface area (Å²) in [5.74, 6) is 0.574. The molecule has 0 radical (unpaired) electrons. The van der Waals surface area contributed by atoms with E-state index in [4.69, 9.17) is 0 Å². The number of benzene rings is 1. The minimum atomic E-state index is -0.0197. The van der Waals surface area contributed by atoms with Gasteiger partial charge in [0, 0.05) is 30.2 Å². The fourth-order valence-electron chi connectivity index (χ4n) is 1.64. The molecule has 0 atom stereocenters. The zero-order chi connectivity index (χ0) is 13.0. The largest absolute Gasteiger partial charge is 0.309 e. The van der Waals surface area contributed by atoms with Crippen molar-refractivity contribution in [2.45, 2.75) is 12.8 Å². The first-order valence-corrected chi connectivity index (χ1v) is 6.47. The topological polar surface area (TPSA) is 46.9 Å². The highest BCUT2D eigenvalue weighted by Gasteiger charge is 2.05. The third-order valence-electron chi connectivity index (χ3n) is 2.51. The fraction of sp³-hybridized carbons (Fsp3) is 0.231. The molecule has 1 N–H and O–H groups in total. The maximum absolute atomic E-state index is 11.7. The van der Waals surface area contributed by atoms with Crippen molar-refractivity contribution in [3.8, 4) is 0 Å². The van der Waals surface area contributed by atoms with Gasteiger partial charge in [0.05, 0.1) is 0 Å². The Balaban J connectivity index is 1.85. The molecule has 0 aliphatic carbocycles. The summed E-state index contributed by atoms with van der Waals surface area (Å²) >= 11 is 3.41. The number of carbonyl (C=O) groups is 1. The molecule has 0 spiro atoms. The van der Waals surface area contributed by atoms with E-state index in [0.29, 0.717) is 12.2 Å². The van der Waals surface area contributed by atoms with Gasteiger partial charge in [-0.15, -0.1) is 0 Å². The van der Waals surface area contributed by atoms with Crippen LogP contribution in [0.4, 0.5) is 5.82 Å². The van der Waals surface area contributed by atoms with Gasteiger partial charge in [-0.25, -0.2) is 0 Å². The Morgan fingerprint density at radius 3 is 2.94 bits per heavy atom. The molecule has 0 aliphatic rings. The molecule has 0 aliphatic heterocycles. The highest BCUT2D eigenvalue weighted by atomic mass is 79.9. The lowest BCUT2D eigenvalue weighted by Gasteiger charge is -2.03. The van der Waals surface area contributed by atoms with Crippen LogP contribution < -0.4 is 5.32 Å². The van der Waals surface area contributed by atoms with Crippen molar-refractivity contribution < 1.29 is 4.79 Å². The van der Waals surface area contributed by atoms with Crippen LogP contribution in [0.3, 0.4) is 0 Å². The summed E-state index contributed by atoms with van der Waals surface area (Å²) in [5, 5.41) is 6.86. The number of aromatic nitrogens is 2. The third kappa shape index (κ3) is 3.70. The number of anilines is 1. The molecule has 1 amide bonds. The van der Waals surface area contributed by atoms with E-state index in [1.165, 1.54) is 0 Å². The summed E-state index contributed by atoms with van der Waals surface area (Å²) in [5.41, 5.74) is 1.14. The summed E-state index contributed by atoms with van der Waals surface area (Å²) in [6.07, 6.45) is 2.97. The molecule has 0 saturated heterocycles. The van der Waals surface area contributed by atoms with Gasteiger partial charge in [0.15, 0.2) is 5.82 Å². The quantitative estimate of drug-likeness (QED) is 0.944. The first-order chi connectivity index (χ1) is 8.63. The number of rotatable bonds is 4. The van der Waals surface area contributed by atoms with Gasteiger partial charge in [-0.2, -0.15) is 5.10 Å². The lowest BCUT2D eigenvalue weighted by atomic mass is 10.1. The van der Waals surface area contributed by atoms with E-state index >= 15 is 0 Å². The van der Waals surface area contributed by atoms with Crippen LogP contribution in [0.5, 0.6) is 0 Å². The monoisotopic (exact) mass is 307 g/mol. The van der Waals surface area contributed by atoms with E-state index in [1.54, 1.807) is 16.9 Å². The Hall–Kier alpha value is -1.62. The first kappa shape index (κ1) is 12.8. The molecule has 0 fully saturated rings. The van der Waals surface area contributed by atoms with Crippen LogP contribution in [0, 0.1) is 0 Å².